The number of para-hydroxylation sites is 1. The largest absolute Gasteiger partial charge is 0.444 e. The van der Waals surface area contributed by atoms with E-state index in [1.807, 2.05) is 35.2 Å². The maximum absolute atomic E-state index is 12.3. The number of rotatable bonds is 5. The summed E-state index contributed by atoms with van der Waals surface area (Å²) in [6.07, 6.45) is 1.52. The van der Waals surface area contributed by atoms with Gasteiger partial charge in [0, 0.05) is 30.4 Å². The van der Waals surface area contributed by atoms with Crippen molar-refractivity contribution in [2.45, 2.75) is 32.7 Å². The highest BCUT2D eigenvalue weighted by molar-refractivity contribution is 5.92. The third kappa shape index (κ3) is 5.36. The molecule has 1 aromatic heterocycles. The number of piperidine rings is 1. The zero-order chi connectivity index (χ0) is 20.8. The third-order valence-electron chi connectivity index (χ3n) is 5.07. The lowest BCUT2D eigenvalue weighted by atomic mass is 10.1. The summed E-state index contributed by atoms with van der Waals surface area (Å²) in [6, 6.07) is 11.2. The maximum Gasteiger partial charge on any atom is 0.319 e. The monoisotopic (exact) mass is 395 g/mol. The molecule has 3 rings (SSSR count). The summed E-state index contributed by atoms with van der Waals surface area (Å²) in [5.74, 6) is 0.614. The number of carbonyl (C=O) groups excluding carboxylic acids is 2. The van der Waals surface area contributed by atoms with Gasteiger partial charge in [0.1, 0.15) is 17.4 Å². The molecule has 152 valence electrons. The lowest BCUT2D eigenvalue weighted by molar-refractivity contribution is -0.117. The summed E-state index contributed by atoms with van der Waals surface area (Å²) in [6.45, 7) is 5.17. The number of hydrogen-bond donors (Lipinski definition) is 3. The third-order valence-corrected chi connectivity index (χ3v) is 5.07. The molecule has 0 spiro atoms. The topological polar surface area (TPSA) is 110 Å². The number of hydrogen-bond acceptors (Lipinski definition) is 5. The molecule has 8 nitrogen and oxygen atoms in total. The molecule has 0 bridgehead atoms. The fraction of sp³-hybridized carbons (Fsp3) is 0.381. The average Bonchev–Trinajstić information content (AvgIpc) is 2.96. The number of nitriles is 1. The fourth-order valence-electron chi connectivity index (χ4n) is 3.33. The van der Waals surface area contributed by atoms with Gasteiger partial charge >= 0.3 is 6.03 Å². The molecule has 0 unspecified atom stereocenters. The molecule has 1 saturated heterocycles. The second-order valence-electron chi connectivity index (χ2n) is 7.16. The van der Waals surface area contributed by atoms with E-state index in [1.54, 1.807) is 13.8 Å². The minimum Gasteiger partial charge on any atom is -0.444 e. The molecule has 3 N–H and O–H groups in total. The highest BCUT2D eigenvalue weighted by atomic mass is 16.4. The van der Waals surface area contributed by atoms with Crippen LogP contribution in [0.3, 0.4) is 0 Å². The van der Waals surface area contributed by atoms with Gasteiger partial charge in [-0.1, -0.05) is 18.2 Å². The summed E-state index contributed by atoms with van der Waals surface area (Å²) >= 11 is 0. The highest BCUT2D eigenvalue weighted by Gasteiger charge is 2.23. The van der Waals surface area contributed by atoms with Gasteiger partial charge in [-0.3, -0.25) is 15.0 Å². The Labute approximate surface area is 169 Å². The number of nitrogens with zero attached hydrogens (tertiary/aromatic N) is 2. The standard InChI is InChI=1S/C21H25N5O3/c1-14-15(2)29-20(18(14)12-22)25-19(27)13-26-10-8-17(9-11-26)24-21(28)23-16-6-4-3-5-7-16/h3-7,17H,8-11,13H2,1-2H3,(H,25,27)(H2,23,24,28). The Kier molecular flexibility index (Phi) is 6.52. The van der Waals surface area contributed by atoms with E-state index in [2.05, 4.69) is 22.0 Å². The Balaban J connectivity index is 1.43. The van der Waals surface area contributed by atoms with Crippen LogP contribution >= 0.6 is 0 Å². The maximum atomic E-state index is 12.3. The first-order valence-electron chi connectivity index (χ1n) is 9.61. The van der Waals surface area contributed by atoms with Gasteiger partial charge in [-0.2, -0.15) is 5.26 Å². The van der Waals surface area contributed by atoms with E-state index in [0.717, 1.165) is 24.1 Å². The number of amides is 3. The highest BCUT2D eigenvalue weighted by Crippen LogP contribution is 2.25. The van der Waals surface area contributed by atoms with Gasteiger partial charge in [-0.25, -0.2) is 4.79 Å². The SMILES string of the molecule is Cc1oc(NC(=O)CN2CCC(NC(=O)Nc3ccccc3)CC2)c(C#N)c1C. The molecule has 8 heteroatoms. The normalized spacial score (nSPS) is 14.8. The van der Waals surface area contributed by atoms with Crippen LogP contribution in [0.1, 0.15) is 29.7 Å². The van der Waals surface area contributed by atoms with Crippen molar-refractivity contribution in [1.29, 1.82) is 5.26 Å². The Hall–Kier alpha value is -3.31. The van der Waals surface area contributed by atoms with E-state index >= 15 is 0 Å². The van der Waals surface area contributed by atoms with E-state index in [9.17, 15) is 14.9 Å². The molecule has 0 radical (unpaired) electrons. The van der Waals surface area contributed by atoms with Gasteiger partial charge in [0.15, 0.2) is 0 Å². The summed E-state index contributed by atoms with van der Waals surface area (Å²) in [7, 11) is 0. The molecule has 29 heavy (non-hydrogen) atoms. The number of urea groups is 1. The molecule has 2 heterocycles. The lowest BCUT2D eigenvalue weighted by Crippen LogP contribution is -2.47. The van der Waals surface area contributed by atoms with Crippen LogP contribution in [0.15, 0.2) is 34.7 Å². The predicted molar refractivity (Wildman–Crippen MR) is 110 cm³/mol. The summed E-state index contributed by atoms with van der Waals surface area (Å²) in [5.41, 5.74) is 1.85. The molecule has 2 aromatic rings. The van der Waals surface area contributed by atoms with Crippen molar-refractivity contribution in [2.75, 3.05) is 30.3 Å². The molecular formula is C21H25N5O3. The van der Waals surface area contributed by atoms with Crippen molar-refractivity contribution < 1.29 is 14.0 Å². The van der Waals surface area contributed by atoms with Gasteiger partial charge in [-0.15, -0.1) is 0 Å². The van der Waals surface area contributed by atoms with Gasteiger partial charge in [0.05, 0.1) is 6.54 Å². The van der Waals surface area contributed by atoms with Crippen LogP contribution in [0.4, 0.5) is 16.4 Å². The van der Waals surface area contributed by atoms with Gasteiger partial charge in [-0.05, 0) is 38.8 Å². The summed E-state index contributed by atoms with van der Waals surface area (Å²) in [4.78, 5) is 26.5. The van der Waals surface area contributed by atoms with Crippen LogP contribution in [0.5, 0.6) is 0 Å². The summed E-state index contributed by atoms with van der Waals surface area (Å²) < 4.78 is 5.48. The predicted octanol–water partition coefficient (Wildman–Crippen LogP) is 2.99. The van der Waals surface area contributed by atoms with Crippen molar-refractivity contribution in [1.82, 2.24) is 10.2 Å². The van der Waals surface area contributed by atoms with Crippen LogP contribution in [-0.2, 0) is 4.79 Å². The minimum absolute atomic E-state index is 0.0681. The minimum atomic E-state index is -0.222. The van der Waals surface area contributed by atoms with E-state index < -0.39 is 0 Å². The zero-order valence-corrected chi connectivity index (χ0v) is 16.6. The number of benzene rings is 1. The Bertz CT molecular complexity index is 908. The lowest BCUT2D eigenvalue weighted by Gasteiger charge is -2.31. The number of likely N-dealkylation sites (tertiary alicyclic amines) is 1. The van der Waals surface area contributed by atoms with Gasteiger partial charge in [0.2, 0.25) is 11.8 Å². The van der Waals surface area contributed by atoms with Crippen molar-refractivity contribution in [3.63, 3.8) is 0 Å². The first kappa shape index (κ1) is 20.4. The second kappa shape index (κ2) is 9.26. The van der Waals surface area contributed by atoms with Crippen LogP contribution in [0, 0.1) is 25.2 Å². The van der Waals surface area contributed by atoms with Crippen molar-refractivity contribution >= 4 is 23.5 Å². The molecule has 3 amide bonds. The molecular weight excluding hydrogens is 370 g/mol. The molecule has 0 atom stereocenters. The van der Waals surface area contributed by atoms with Crippen LogP contribution in [0.2, 0.25) is 0 Å². The number of anilines is 2. The van der Waals surface area contributed by atoms with Crippen LogP contribution in [-0.4, -0.2) is 42.5 Å². The Morgan fingerprint density at radius 3 is 2.52 bits per heavy atom. The van der Waals surface area contributed by atoms with E-state index in [0.29, 0.717) is 24.4 Å². The number of carbonyl (C=O) groups is 2. The van der Waals surface area contributed by atoms with E-state index in [4.69, 9.17) is 4.42 Å². The van der Waals surface area contributed by atoms with E-state index in [1.165, 1.54) is 0 Å². The number of furan rings is 1. The molecule has 1 aromatic carbocycles. The Morgan fingerprint density at radius 2 is 1.86 bits per heavy atom. The Morgan fingerprint density at radius 1 is 1.17 bits per heavy atom. The molecule has 1 fully saturated rings. The first-order valence-corrected chi connectivity index (χ1v) is 9.61. The molecule has 0 saturated carbocycles. The molecule has 1 aliphatic heterocycles. The number of nitrogens with one attached hydrogen (secondary N) is 3. The van der Waals surface area contributed by atoms with Crippen molar-refractivity contribution in [3.05, 3.63) is 47.2 Å². The second-order valence-corrected chi connectivity index (χ2v) is 7.16. The van der Waals surface area contributed by atoms with E-state index in [-0.39, 0.29) is 30.4 Å². The van der Waals surface area contributed by atoms with Crippen molar-refractivity contribution in [3.8, 4) is 6.07 Å². The van der Waals surface area contributed by atoms with Gasteiger partial charge < -0.3 is 15.1 Å². The quantitative estimate of drug-likeness (QED) is 0.721. The smallest absolute Gasteiger partial charge is 0.319 e. The fourth-order valence-corrected chi connectivity index (χ4v) is 3.33. The van der Waals surface area contributed by atoms with Crippen LogP contribution in [0.25, 0.3) is 0 Å². The summed E-state index contributed by atoms with van der Waals surface area (Å²) in [5, 5.41) is 17.7. The van der Waals surface area contributed by atoms with Crippen molar-refractivity contribution in [2.24, 2.45) is 0 Å². The zero-order valence-electron chi connectivity index (χ0n) is 16.6. The molecule has 0 aliphatic carbocycles. The van der Waals surface area contributed by atoms with Gasteiger partial charge in [0.25, 0.3) is 0 Å². The average molecular weight is 395 g/mol. The number of aryl methyl sites for hydroxylation is 1. The molecule has 1 aliphatic rings. The van der Waals surface area contributed by atoms with Crippen LogP contribution < -0.4 is 16.0 Å². The first-order chi connectivity index (χ1) is 14.0.